The Hall–Kier alpha value is -1.17. The van der Waals surface area contributed by atoms with Gasteiger partial charge in [0.05, 0.1) is 0 Å². The first-order valence-electron chi connectivity index (χ1n) is 7.23. The third kappa shape index (κ3) is 3.05. The van der Waals surface area contributed by atoms with Crippen molar-refractivity contribution in [1.29, 1.82) is 0 Å². The number of hydrogen-bond acceptors (Lipinski definition) is 1. The minimum Gasteiger partial charge on any atom is -0.310 e. The van der Waals surface area contributed by atoms with Crippen LogP contribution in [0, 0.1) is 35.0 Å². The molecule has 1 unspecified atom stereocenters. The fourth-order valence-corrected chi connectivity index (χ4v) is 3.09. The second-order valence-corrected chi connectivity index (χ2v) is 5.42. The van der Waals surface area contributed by atoms with Gasteiger partial charge in [-0.25, -0.2) is 22.0 Å². The summed E-state index contributed by atoms with van der Waals surface area (Å²) in [7, 11) is 0. The molecule has 0 aromatic heterocycles. The van der Waals surface area contributed by atoms with Crippen LogP contribution in [0.1, 0.15) is 50.6 Å². The maximum Gasteiger partial charge on any atom is 0.200 e. The molecule has 1 N–H and O–H groups in total. The van der Waals surface area contributed by atoms with Gasteiger partial charge in [0.15, 0.2) is 23.3 Å². The summed E-state index contributed by atoms with van der Waals surface area (Å²) in [5.41, 5.74) is -0.722. The Morgan fingerprint density at radius 3 is 1.81 bits per heavy atom. The largest absolute Gasteiger partial charge is 0.310 e. The molecular formula is C15H18F5N. The van der Waals surface area contributed by atoms with Crippen molar-refractivity contribution in [2.24, 2.45) is 5.92 Å². The smallest absolute Gasteiger partial charge is 0.200 e. The van der Waals surface area contributed by atoms with Crippen LogP contribution < -0.4 is 5.32 Å². The van der Waals surface area contributed by atoms with Gasteiger partial charge in [-0.3, -0.25) is 0 Å². The van der Waals surface area contributed by atoms with Gasteiger partial charge in [0.25, 0.3) is 0 Å². The Balaban J connectivity index is 2.49. The molecule has 1 aliphatic carbocycles. The zero-order valence-corrected chi connectivity index (χ0v) is 11.8. The first-order chi connectivity index (χ1) is 9.99. The van der Waals surface area contributed by atoms with Gasteiger partial charge < -0.3 is 5.32 Å². The molecule has 6 heteroatoms. The molecule has 1 aliphatic rings. The highest BCUT2D eigenvalue weighted by Crippen LogP contribution is 2.38. The lowest BCUT2D eigenvalue weighted by atomic mass is 9.80. The summed E-state index contributed by atoms with van der Waals surface area (Å²) in [5.74, 6) is -9.41. The fourth-order valence-electron chi connectivity index (χ4n) is 3.09. The summed E-state index contributed by atoms with van der Waals surface area (Å²) >= 11 is 0. The number of hydrogen-bond donors (Lipinski definition) is 1. The number of halogens is 5. The zero-order valence-electron chi connectivity index (χ0n) is 11.8. The van der Waals surface area contributed by atoms with Crippen molar-refractivity contribution < 1.29 is 22.0 Å². The van der Waals surface area contributed by atoms with E-state index in [4.69, 9.17) is 0 Å². The second-order valence-electron chi connectivity index (χ2n) is 5.42. The molecule has 0 bridgehead atoms. The van der Waals surface area contributed by atoms with Crippen molar-refractivity contribution in [3.05, 3.63) is 34.6 Å². The van der Waals surface area contributed by atoms with Crippen molar-refractivity contribution in [2.45, 2.75) is 45.1 Å². The van der Waals surface area contributed by atoms with E-state index in [9.17, 15) is 22.0 Å². The van der Waals surface area contributed by atoms with E-state index in [2.05, 4.69) is 5.32 Å². The third-order valence-electron chi connectivity index (χ3n) is 4.10. The molecule has 0 spiro atoms. The highest BCUT2D eigenvalue weighted by Gasteiger charge is 2.34. The van der Waals surface area contributed by atoms with Gasteiger partial charge in [-0.1, -0.05) is 26.2 Å². The first-order valence-corrected chi connectivity index (χ1v) is 7.23. The Labute approximate surface area is 120 Å². The minimum atomic E-state index is -2.10. The molecule has 1 aromatic rings. The molecule has 0 radical (unpaired) electrons. The average Bonchev–Trinajstić information content (AvgIpc) is 2.51. The van der Waals surface area contributed by atoms with Crippen molar-refractivity contribution in [2.75, 3.05) is 6.54 Å². The topological polar surface area (TPSA) is 12.0 Å². The molecule has 1 saturated carbocycles. The van der Waals surface area contributed by atoms with E-state index < -0.39 is 40.7 Å². The molecule has 2 rings (SSSR count). The molecule has 0 saturated heterocycles. The summed E-state index contributed by atoms with van der Waals surface area (Å²) in [6.45, 7) is 2.13. The Morgan fingerprint density at radius 1 is 0.857 bits per heavy atom. The van der Waals surface area contributed by atoms with Crippen molar-refractivity contribution in [3.8, 4) is 0 Å². The number of nitrogens with one attached hydrogen (secondary N) is 1. The van der Waals surface area contributed by atoms with Gasteiger partial charge in [-0.05, 0) is 25.3 Å². The van der Waals surface area contributed by atoms with Gasteiger partial charge in [0, 0.05) is 11.6 Å². The fraction of sp³-hybridized carbons (Fsp3) is 0.600. The summed E-state index contributed by atoms with van der Waals surface area (Å²) in [6, 6.07) is -0.847. The van der Waals surface area contributed by atoms with E-state index in [1.165, 1.54) is 0 Å². The van der Waals surface area contributed by atoms with Crippen LogP contribution in [0.2, 0.25) is 0 Å². The predicted octanol–water partition coefficient (Wildman–Crippen LogP) is 4.61. The third-order valence-corrected chi connectivity index (χ3v) is 4.10. The molecule has 1 atom stereocenters. The minimum absolute atomic E-state index is 0.119. The van der Waals surface area contributed by atoms with Crippen LogP contribution in [0.5, 0.6) is 0 Å². The monoisotopic (exact) mass is 307 g/mol. The van der Waals surface area contributed by atoms with Crippen molar-refractivity contribution in [3.63, 3.8) is 0 Å². The SMILES string of the molecule is CCNC(c1c(F)c(F)c(F)c(F)c1F)C1CCCCC1. The van der Waals surface area contributed by atoms with Crippen LogP contribution >= 0.6 is 0 Å². The lowest BCUT2D eigenvalue weighted by Crippen LogP contribution is -2.32. The molecular weight excluding hydrogens is 289 g/mol. The van der Waals surface area contributed by atoms with E-state index in [1.807, 2.05) is 0 Å². The highest BCUT2D eigenvalue weighted by molar-refractivity contribution is 5.27. The maximum atomic E-state index is 14.0. The standard InChI is InChI=1S/C15H18F5N/c1-2-21-15(8-6-4-3-5-7-8)9-10(16)12(18)14(20)13(19)11(9)17/h8,15,21H,2-7H2,1H3. The predicted molar refractivity (Wildman–Crippen MR) is 69.2 cm³/mol. The number of rotatable bonds is 4. The summed E-state index contributed by atoms with van der Waals surface area (Å²) in [4.78, 5) is 0. The van der Waals surface area contributed by atoms with Crippen LogP contribution in [0.15, 0.2) is 0 Å². The van der Waals surface area contributed by atoms with Crippen LogP contribution in [0.3, 0.4) is 0 Å². The van der Waals surface area contributed by atoms with Gasteiger partial charge in [-0.2, -0.15) is 0 Å². The number of benzene rings is 1. The second kappa shape index (κ2) is 6.73. The Morgan fingerprint density at radius 2 is 1.33 bits per heavy atom. The molecule has 0 aliphatic heterocycles. The van der Waals surface area contributed by atoms with E-state index in [0.717, 1.165) is 32.1 Å². The Bertz CT molecular complexity index is 482. The highest BCUT2D eigenvalue weighted by atomic mass is 19.2. The van der Waals surface area contributed by atoms with Crippen LogP contribution in [-0.4, -0.2) is 6.54 Å². The van der Waals surface area contributed by atoms with Crippen molar-refractivity contribution in [1.82, 2.24) is 5.32 Å². The molecule has 0 heterocycles. The maximum absolute atomic E-state index is 14.0. The van der Waals surface area contributed by atoms with E-state index >= 15 is 0 Å². The van der Waals surface area contributed by atoms with Gasteiger partial charge in [0.1, 0.15) is 0 Å². The average molecular weight is 307 g/mol. The Kier molecular flexibility index (Phi) is 5.19. The van der Waals surface area contributed by atoms with Crippen LogP contribution in [-0.2, 0) is 0 Å². The lowest BCUT2D eigenvalue weighted by Gasteiger charge is -2.31. The normalized spacial score (nSPS) is 18.0. The molecule has 1 fully saturated rings. The quantitative estimate of drug-likeness (QED) is 0.486. The van der Waals surface area contributed by atoms with Crippen molar-refractivity contribution >= 4 is 0 Å². The van der Waals surface area contributed by atoms with Gasteiger partial charge in [0.2, 0.25) is 5.82 Å². The first kappa shape index (κ1) is 16.2. The zero-order chi connectivity index (χ0) is 15.6. The summed E-state index contributed by atoms with van der Waals surface area (Å²) in [6.07, 6.45) is 4.28. The molecule has 21 heavy (non-hydrogen) atoms. The molecule has 118 valence electrons. The lowest BCUT2D eigenvalue weighted by molar-refractivity contribution is 0.256. The van der Waals surface area contributed by atoms with E-state index in [0.29, 0.717) is 6.54 Å². The van der Waals surface area contributed by atoms with Gasteiger partial charge in [-0.15, -0.1) is 0 Å². The van der Waals surface area contributed by atoms with Gasteiger partial charge >= 0.3 is 0 Å². The summed E-state index contributed by atoms with van der Waals surface area (Å²) in [5, 5.41) is 2.89. The van der Waals surface area contributed by atoms with Crippen LogP contribution in [0.25, 0.3) is 0 Å². The van der Waals surface area contributed by atoms with Crippen LogP contribution in [0.4, 0.5) is 22.0 Å². The molecule has 0 amide bonds. The van der Waals surface area contributed by atoms with E-state index in [1.54, 1.807) is 6.92 Å². The molecule has 1 nitrogen and oxygen atoms in total. The molecule has 1 aromatic carbocycles. The van der Waals surface area contributed by atoms with E-state index in [-0.39, 0.29) is 5.92 Å². The summed E-state index contributed by atoms with van der Waals surface area (Å²) < 4.78 is 67.8.